The lowest BCUT2D eigenvalue weighted by atomic mass is 9.97. The Bertz CT molecular complexity index is 635. The lowest BCUT2D eigenvalue weighted by Crippen LogP contribution is -2.30. The van der Waals surface area contributed by atoms with Crippen molar-refractivity contribution in [2.75, 3.05) is 18.1 Å². The van der Waals surface area contributed by atoms with E-state index in [4.69, 9.17) is 0 Å². The van der Waals surface area contributed by atoms with E-state index < -0.39 is 0 Å². The molecule has 4 nitrogen and oxygen atoms in total. The smallest absolute Gasteiger partial charge is 0.141 e. The van der Waals surface area contributed by atoms with Crippen LogP contribution < -0.4 is 4.90 Å². The van der Waals surface area contributed by atoms with E-state index >= 15 is 0 Å². The minimum atomic E-state index is 0.189. The first kappa shape index (κ1) is 12.5. The molecule has 2 aromatic rings. The van der Waals surface area contributed by atoms with Crippen molar-refractivity contribution >= 4 is 27.4 Å². The molecule has 0 bridgehead atoms. The molecule has 2 aromatic heterocycles. The summed E-state index contributed by atoms with van der Waals surface area (Å²) < 4.78 is 0. The molecule has 0 unspecified atom stereocenters. The molecular formula is C15H19N3OS. The summed E-state index contributed by atoms with van der Waals surface area (Å²) >= 11 is 1.84. The molecule has 2 aliphatic rings. The van der Waals surface area contributed by atoms with Crippen molar-refractivity contribution in [3.05, 3.63) is 16.8 Å². The van der Waals surface area contributed by atoms with E-state index in [1.54, 1.807) is 6.33 Å². The van der Waals surface area contributed by atoms with Crippen molar-refractivity contribution in [2.24, 2.45) is 0 Å². The molecule has 0 spiro atoms. The van der Waals surface area contributed by atoms with Gasteiger partial charge in [-0.1, -0.05) is 0 Å². The SMILES string of the molecule is OCCN(c1ncnc2sc3c(c12)CCCC3)C1CC1. The Balaban J connectivity index is 1.87. The van der Waals surface area contributed by atoms with Crippen LogP contribution in [-0.4, -0.2) is 34.3 Å². The first-order valence-electron chi connectivity index (χ1n) is 7.51. The van der Waals surface area contributed by atoms with Crippen molar-refractivity contribution in [2.45, 2.75) is 44.6 Å². The highest BCUT2D eigenvalue weighted by Crippen LogP contribution is 2.41. The van der Waals surface area contributed by atoms with Crippen LogP contribution in [0.4, 0.5) is 5.82 Å². The third-order valence-corrected chi connectivity index (χ3v) is 5.53. The lowest BCUT2D eigenvalue weighted by molar-refractivity contribution is 0.301. The molecule has 106 valence electrons. The van der Waals surface area contributed by atoms with Crippen LogP contribution in [0.15, 0.2) is 6.33 Å². The maximum absolute atomic E-state index is 9.35. The van der Waals surface area contributed by atoms with Gasteiger partial charge in [-0.15, -0.1) is 11.3 Å². The molecular weight excluding hydrogens is 270 g/mol. The Morgan fingerprint density at radius 1 is 1.25 bits per heavy atom. The zero-order chi connectivity index (χ0) is 13.5. The van der Waals surface area contributed by atoms with Gasteiger partial charge in [-0.3, -0.25) is 0 Å². The molecule has 20 heavy (non-hydrogen) atoms. The third-order valence-electron chi connectivity index (χ3n) is 4.33. The number of aromatic nitrogens is 2. The summed E-state index contributed by atoms with van der Waals surface area (Å²) in [4.78, 5) is 14.0. The Hall–Kier alpha value is -1.20. The Kier molecular flexibility index (Phi) is 3.11. The first-order chi connectivity index (χ1) is 9.88. The number of aliphatic hydroxyl groups excluding tert-OH is 1. The molecule has 0 amide bonds. The Morgan fingerprint density at radius 2 is 2.10 bits per heavy atom. The number of thiophene rings is 1. The van der Waals surface area contributed by atoms with Gasteiger partial charge in [0.25, 0.3) is 0 Å². The van der Waals surface area contributed by atoms with Crippen molar-refractivity contribution in [3.63, 3.8) is 0 Å². The van der Waals surface area contributed by atoms with E-state index in [9.17, 15) is 5.11 Å². The Labute approximate surface area is 122 Å². The van der Waals surface area contributed by atoms with E-state index in [2.05, 4.69) is 14.9 Å². The number of aliphatic hydroxyl groups is 1. The lowest BCUT2D eigenvalue weighted by Gasteiger charge is -2.24. The molecule has 4 rings (SSSR count). The molecule has 2 aliphatic carbocycles. The largest absolute Gasteiger partial charge is 0.395 e. The minimum Gasteiger partial charge on any atom is -0.395 e. The van der Waals surface area contributed by atoms with Crippen LogP contribution >= 0.6 is 11.3 Å². The molecule has 0 radical (unpaired) electrons. The van der Waals surface area contributed by atoms with Gasteiger partial charge in [-0.2, -0.15) is 0 Å². The second-order valence-electron chi connectivity index (χ2n) is 5.74. The predicted molar refractivity (Wildman–Crippen MR) is 81.5 cm³/mol. The number of aryl methyl sites for hydroxylation is 2. The number of hydrogen-bond acceptors (Lipinski definition) is 5. The summed E-state index contributed by atoms with van der Waals surface area (Å²) in [5.74, 6) is 1.06. The summed E-state index contributed by atoms with van der Waals surface area (Å²) in [7, 11) is 0. The number of rotatable bonds is 4. The maximum Gasteiger partial charge on any atom is 0.141 e. The van der Waals surface area contributed by atoms with Crippen LogP contribution in [0.1, 0.15) is 36.1 Å². The molecule has 1 saturated carbocycles. The molecule has 0 aliphatic heterocycles. The molecule has 0 atom stereocenters. The molecule has 2 heterocycles. The van der Waals surface area contributed by atoms with Gasteiger partial charge in [0.2, 0.25) is 0 Å². The topological polar surface area (TPSA) is 49.2 Å². The fourth-order valence-corrected chi connectivity index (χ4v) is 4.47. The van der Waals surface area contributed by atoms with Gasteiger partial charge in [0.05, 0.1) is 12.0 Å². The molecule has 0 aromatic carbocycles. The van der Waals surface area contributed by atoms with Crippen LogP contribution in [0, 0.1) is 0 Å². The molecule has 0 saturated heterocycles. The van der Waals surface area contributed by atoms with Crippen LogP contribution in [0.25, 0.3) is 10.2 Å². The zero-order valence-corrected chi connectivity index (χ0v) is 12.3. The van der Waals surface area contributed by atoms with E-state index in [0.717, 1.165) is 17.1 Å². The Morgan fingerprint density at radius 3 is 2.90 bits per heavy atom. The van der Waals surface area contributed by atoms with Crippen LogP contribution in [-0.2, 0) is 12.8 Å². The molecule has 1 N–H and O–H groups in total. The van der Waals surface area contributed by atoms with E-state index in [1.807, 2.05) is 11.3 Å². The standard InChI is InChI=1S/C15H19N3OS/c19-8-7-18(10-5-6-10)14-13-11-3-1-2-4-12(11)20-15(13)17-9-16-14/h9-10,19H,1-8H2. The summed E-state index contributed by atoms with van der Waals surface area (Å²) in [5.41, 5.74) is 1.48. The number of hydrogen-bond donors (Lipinski definition) is 1. The van der Waals surface area contributed by atoms with Gasteiger partial charge >= 0.3 is 0 Å². The second-order valence-corrected chi connectivity index (χ2v) is 6.82. The fourth-order valence-electron chi connectivity index (χ4n) is 3.25. The second kappa shape index (κ2) is 4.97. The van der Waals surface area contributed by atoms with Gasteiger partial charge < -0.3 is 10.0 Å². The van der Waals surface area contributed by atoms with Gasteiger partial charge in [0.15, 0.2) is 0 Å². The number of fused-ring (bicyclic) bond motifs is 3. The average molecular weight is 289 g/mol. The van der Waals surface area contributed by atoms with Crippen molar-refractivity contribution in [1.82, 2.24) is 9.97 Å². The van der Waals surface area contributed by atoms with E-state index in [0.29, 0.717) is 12.6 Å². The predicted octanol–water partition coefficient (Wildman–Crippen LogP) is 2.53. The van der Waals surface area contributed by atoms with E-state index in [-0.39, 0.29) is 6.61 Å². The molecule has 5 heteroatoms. The van der Waals surface area contributed by atoms with Gasteiger partial charge in [0, 0.05) is 17.5 Å². The average Bonchev–Trinajstić information content (AvgIpc) is 3.24. The van der Waals surface area contributed by atoms with Crippen molar-refractivity contribution < 1.29 is 5.11 Å². The summed E-state index contributed by atoms with van der Waals surface area (Å²) in [5, 5.41) is 10.6. The van der Waals surface area contributed by atoms with Crippen LogP contribution in [0.2, 0.25) is 0 Å². The van der Waals surface area contributed by atoms with Crippen LogP contribution in [0.3, 0.4) is 0 Å². The highest BCUT2D eigenvalue weighted by molar-refractivity contribution is 7.19. The summed E-state index contributed by atoms with van der Waals surface area (Å²) in [6.07, 6.45) is 9.05. The van der Waals surface area contributed by atoms with Gasteiger partial charge in [-0.05, 0) is 44.1 Å². The monoisotopic (exact) mass is 289 g/mol. The normalized spacial score (nSPS) is 18.2. The highest BCUT2D eigenvalue weighted by atomic mass is 32.1. The van der Waals surface area contributed by atoms with Gasteiger partial charge in [-0.25, -0.2) is 9.97 Å². The van der Waals surface area contributed by atoms with Crippen molar-refractivity contribution in [3.8, 4) is 0 Å². The third kappa shape index (κ3) is 2.00. The summed E-state index contributed by atoms with van der Waals surface area (Å²) in [6, 6.07) is 0.569. The fraction of sp³-hybridized carbons (Fsp3) is 0.600. The molecule has 1 fully saturated rings. The maximum atomic E-state index is 9.35. The summed E-state index contributed by atoms with van der Waals surface area (Å²) in [6.45, 7) is 0.871. The highest BCUT2D eigenvalue weighted by Gasteiger charge is 2.32. The van der Waals surface area contributed by atoms with Crippen LogP contribution in [0.5, 0.6) is 0 Å². The van der Waals surface area contributed by atoms with E-state index in [1.165, 1.54) is 47.9 Å². The number of anilines is 1. The minimum absolute atomic E-state index is 0.189. The quantitative estimate of drug-likeness (QED) is 0.939. The number of nitrogens with zero attached hydrogens (tertiary/aromatic N) is 3. The first-order valence-corrected chi connectivity index (χ1v) is 8.33. The van der Waals surface area contributed by atoms with Gasteiger partial charge in [0.1, 0.15) is 17.0 Å². The zero-order valence-electron chi connectivity index (χ0n) is 11.5. The van der Waals surface area contributed by atoms with Crippen molar-refractivity contribution in [1.29, 1.82) is 0 Å².